The molecule has 1 fully saturated rings. The SMILES string of the molecule is CC(=O)N1CCN(CCOc2nn(-c3ccc(Cl)c(Cl)c3)c(C)c2C)CC1.O=C(O)C(=O)O. The number of amides is 1. The number of aromatic nitrogens is 2. The van der Waals surface area contributed by atoms with E-state index in [1.807, 2.05) is 29.5 Å². The maximum atomic E-state index is 11.4. The second kappa shape index (κ2) is 11.9. The molecule has 10 nitrogen and oxygen atoms in total. The van der Waals surface area contributed by atoms with E-state index in [-0.39, 0.29) is 5.91 Å². The number of carboxylic acid groups (broad SMARTS) is 2. The van der Waals surface area contributed by atoms with Gasteiger partial charge in [0.2, 0.25) is 11.8 Å². The third kappa shape index (κ3) is 7.34. The average Bonchev–Trinajstić information content (AvgIpc) is 3.05. The number of halogens is 2. The van der Waals surface area contributed by atoms with Gasteiger partial charge < -0.3 is 19.8 Å². The number of piperazine rings is 1. The predicted octanol–water partition coefficient (Wildman–Crippen LogP) is 2.49. The van der Waals surface area contributed by atoms with Gasteiger partial charge in [-0.25, -0.2) is 14.3 Å². The normalized spacial score (nSPS) is 13.8. The lowest BCUT2D eigenvalue weighted by Gasteiger charge is -2.33. The van der Waals surface area contributed by atoms with E-state index in [1.165, 1.54) is 0 Å². The summed E-state index contributed by atoms with van der Waals surface area (Å²) in [6, 6.07) is 5.43. The van der Waals surface area contributed by atoms with Gasteiger partial charge in [-0.15, -0.1) is 5.10 Å². The molecule has 1 aliphatic heterocycles. The highest BCUT2D eigenvalue weighted by molar-refractivity contribution is 6.42. The summed E-state index contributed by atoms with van der Waals surface area (Å²) in [5.74, 6) is -2.88. The third-order valence-corrected chi connectivity index (χ3v) is 5.91. The molecule has 12 heteroatoms. The van der Waals surface area contributed by atoms with Crippen LogP contribution in [0.2, 0.25) is 10.0 Å². The van der Waals surface area contributed by atoms with Crippen molar-refractivity contribution in [2.45, 2.75) is 20.8 Å². The molecular formula is C21H26Cl2N4O6. The Balaban J connectivity index is 0.000000569. The molecule has 0 saturated carbocycles. The van der Waals surface area contributed by atoms with Crippen molar-refractivity contribution in [3.05, 3.63) is 39.5 Å². The van der Waals surface area contributed by atoms with E-state index < -0.39 is 11.9 Å². The van der Waals surface area contributed by atoms with Crippen LogP contribution in [0, 0.1) is 13.8 Å². The maximum Gasteiger partial charge on any atom is 0.414 e. The zero-order valence-electron chi connectivity index (χ0n) is 18.5. The van der Waals surface area contributed by atoms with Crippen LogP contribution in [0.4, 0.5) is 0 Å². The van der Waals surface area contributed by atoms with Crippen LogP contribution < -0.4 is 4.74 Å². The van der Waals surface area contributed by atoms with Gasteiger partial charge in [0, 0.05) is 50.9 Å². The molecule has 3 rings (SSSR count). The van der Waals surface area contributed by atoms with Gasteiger partial charge in [0.15, 0.2) is 0 Å². The van der Waals surface area contributed by atoms with E-state index in [2.05, 4.69) is 10.00 Å². The Morgan fingerprint density at radius 1 is 1.03 bits per heavy atom. The maximum absolute atomic E-state index is 11.4. The fourth-order valence-electron chi connectivity index (χ4n) is 3.12. The van der Waals surface area contributed by atoms with Crippen molar-refractivity contribution in [2.24, 2.45) is 0 Å². The molecular weight excluding hydrogens is 475 g/mol. The van der Waals surface area contributed by atoms with E-state index in [0.29, 0.717) is 22.5 Å². The number of carboxylic acids is 2. The number of rotatable bonds is 5. The molecule has 1 aromatic carbocycles. The molecule has 0 atom stereocenters. The molecule has 2 N–H and O–H groups in total. The summed E-state index contributed by atoms with van der Waals surface area (Å²) < 4.78 is 7.76. The monoisotopic (exact) mass is 500 g/mol. The summed E-state index contributed by atoms with van der Waals surface area (Å²) in [7, 11) is 0. The predicted molar refractivity (Wildman–Crippen MR) is 123 cm³/mol. The highest BCUT2D eigenvalue weighted by atomic mass is 35.5. The standard InChI is InChI=1S/C19H24Cl2N4O2.C2H2O4/c1-13-14(2)25(16-4-5-17(20)18(21)12-16)22-19(13)27-11-10-23-6-8-24(9-7-23)15(3)26;3-1(4)2(5)6/h4-5,12H,6-11H2,1-3H3;(H,3,4)(H,5,6). The number of nitrogens with zero attached hydrogens (tertiary/aromatic N) is 4. The van der Waals surface area contributed by atoms with Crippen LogP contribution in [0.1, 0.15) is 18.2 Å². The summed E-state index contributed by atoms with van der Waals surface area (Å²) in [4.78, 5) is 33.8. The van der Waals surface area contributed by atoms with Crippen molar-refractivity contribution < 1.29 is 29.3 Å². The van der Waals surface area contributed by atoms with E-state index in [4.69, 9.17) is 47.7 Å². The minimum Gasteiger partial charge on any atom is -0.475 e. The summed E-state index contributed by atoms with van der Waals surface area (Å²) in [6.45, 7) is 10.3. The topological polar surface area (TPSA) is 125 Å². The molecule has 0 unspecified atom stereocenters. The van der Waals surface area contributed by atoms with Gasteiger partial charge in [0.1, 0.15) is 6.61 Å². The Morgan fingerprint density at radius 3 is 2.15 bits per heavy atom. The quantitative estimate of drug-likeness (QED) is 0.599. The molecule has 0 spiro atoms. The van der Waals surface area contributed by atoms with Gasteiger partial charge in [-0.3, -0.25) is 9.69 Å². The summed E-state index contributed by atoms with van der Waals surface area (Å²) in [6.07, 6.45) is 0. The van der Waals surface area contributed by atoms with Crippen LogP contribution in [0.5, 0.6) is 5.88 Å². The number of carbonyl (C=O) groups excluding carboxylic acids is 1. The first kappa shape index (κ1) is 26.4. The Labute approximate surface area is 201 Å². The van der Waals surface area contributed by atoms with Crippen LogP contribution in [-0.4, -0.2) is 87.0 Å². The molecule has 1 saturated heterocycles. The van der Waals surface area contributed by atoms with Crippen LogP contribution in [0.25, 0.3) is 5.69 Å². The fourth-order valence-corrected chi connectivity index (χ4v) is 3.41. The molecule has 0 radical (unpaired) electrons. The number of hydrogen-bond acceptors (Lipinski definition) is 6. The molecule has 0 aliphatic carbocycles. The van der Waals surface area contributed by atoms with Crippen molar-refractivity contribution in [1.29, 1.82) is 0 Å². The lowest BCUT2D eigenvalue weighted by molar-refractivity contribution is -0.159. The summed E-state index contributed by atoms with van der Waals surface area (Å²) in [5.41, 5.74) is 2.85. The van der Waals surface area contributed by atoms with Crippen LogP contribution in [-0.2, 0) is 14.4 Å². The van der Waals surface area contributed by atoms with Gasteiger partial charge in [-0.2, -0.15) is 0 Å². The minimum atomic E-state index is -1.82. The van der Waals surface area contributed by atoms with E-state index in [1.54, 1.807) is 19.1 Å². The second-order valence-corrected chi connectivity index (χ2v) is 8.15. The zero-order valence-corrected chi connectivity index (χ0v) is 20.1. The van der Waals surface area contributed by atoms with Gasteiger partial charge in [-0.05, 0) is 32.0 Å². The molecule has 2 aromatic rings. The highest BCUT2D eigenvalue weighted by Crippen LogP contribution is 2.28. The van der Waals surface area contributed by atoms with Gasteiger partial charge in [-0.1, -0.05) is 23.2 Å². The van der Waals surface area contributed by atoms with Crippen molar-refractivity contribution in [1.82, 2.24) is 19.6 Å². The number of hydrogen-bond donors (Lipinski definition) is 2. The Kier molecular flexibility index (Phi) is 9.51. The van der Waals surface area contributed by atoms with Crippen molar-refractivity contribution >= 4 is 41.0 Å². The van der Waals surface area contributed by atoms with Crippen LogP contribution >= 0.6 is 23.2 Å². The van der Waals surface area contributed by atoms with Crippen LogP contribution in [0.15, 0.2) is 18.2 Å². The Hall–Kier alpha value is -2.82. The lowest BCUT2D eigenvalue weighted by atomic mass is 10.2. The lowest BCUT2D eigenvalue weighted by Crippen LogP contribution is -2.48. The number of benzene rings is 1. The summed E-state index contributed by atoms with van der Waals surface area (Å²) in [5, 5.41) is 20.4. The Morgan fingerprint density at radius 2 is 1.64 bits per heavy atom. The first-order chi connectivity index (χ1) is 15.5. The van der Waals surface area contributed by atoms with E-state index in [0.717, 1.165) is 49.7 Å². The van der Waals surface area contributed by atoms with Crippen molar-refractivity contribution in [3.63, 3.8) is 0 Å². The third-order valence-electron chi connectivity index (χ3n) is 5.17. The number of ether oxygens (including phenoxy) is 1. The molecule has 1 aliphatic rings. The van der Waals surface area contributed by atoms with Gasteiger partial charge in [0.05, 0.1) is 15.7 Å². The average molecular weight is 501 g/mol. The van der Waals surface area contributed by atoms with Gasteiger partial charge in [0.25, 0.3) is 0 Å². The number of aliphatic carboxylic acids is 2. The largest absolute Gasteiger partial charge is 0.475 e. The van der Waals surface area contributed by atoms with E-state index >= 15 is 0 Å². The molecule has 0 bridgehead atoms. The first-order valence-electron chi connectivity index (χ1n) is 10.1. The smallest absolute Gasteiger partial charge is 0.414 e. The van der Waals surface area contributed by atoms with E-state index in [9.17, 15) is 4.79 Å². The molecule has 180 valence electrons. The highest BCUT2D eigenvalue weighted by Gasteiger charge is 2.19. The zero-order chi connectivity index (χ0) is 24.7. The molecule has 1 amide bonds. The molecule has 1 aromatic heterocycles. The molecule has 33 heavy (non-hydrogen) atoms. The minimum absolute atomic E-state index is 0.143. The van der Waals surface area contributed by atoms with Gasteiger partial charge >= 0.3 is 11.9 Å². The second-order valence-electron chi connectivity index (χ2n) is 7.33. The Bertz CT molecular complexity index is 1010. The first-order valence-corrected chi connectivity index (χ1v) is 10.8. The van der Waals surface area contributed by atoms with Crippen molar-refractivity contribution in [2.75, 3.05) is 39.3 Å². The van der Waals surface area contributed by atoms with Crippen LogP contribution in [0.3, 0.4) is 0 Å². The van der Waals surface area contributed by atoms with Crippen molar-refractivity contribution in [3.8, 4) is 11.6 Å². The fraction of sp³-hybridized carbons (Fsp3) is 0.429. The summed E-state index contributed by atoms with van der Waals surface area (Å²) >= 11 is 12.1. The molecule has 2 heterocycles. The number of carbonyl (C=O) groups is 3.